The van der Waals surface area contributed by atoms with Gasteiger partial charge in [0.05, 0.1) is 17.3 Å². The van der Waals surface area contributed by atoms with E-state index in [1.807, 2.05) is 36.5 Å². The number of amides is 1. The first kappa shape index (κ1) is 18.4. The van der Waals surface area contributed by atoms with Gasteiger partial charge in [0.25, 0.3) is 5.91 Å². The lowest BCUT2D eigenvalue weighted by Crippen LogP contribution is -2.38. The minimum atomic E-state index is -0.0801. The number of rotatable bonds is 8. The number of hydrogen-bond donors (Lipinski definition) is 1. The van der Waals surface area contributed by atoms with Crippen molar-refractivity contribution < 1.29 is 4.79 Å². The molecule has 26 heavy (non-hydrogen) atoms. The number of carbonyl (C=O) groups excluding carboxylic acids is 1. The molecule has 1 amide bonds. The summed E-state index contributed by atoms with van der Waals surface area (Å²) in [7, 11) is 0. The summed E-state index contributed by atoms with van der Waals surface area (Å²) >= 11 is 1.69. The maximum Gasteiger partial charge on any atom is 0.253 e. The third-order valence-corrected chi connectivity index (χ3v) is 5.24. The fourth-order valence-electron chi connectivity index (χ4n) is 3.15. The Morgan fingerprint density at radius 1 is 1.23 bits per heavy atom. The lowest BCUT2D eigenvalue weighted by Gasteiger charge is -2.29. The first-order chi connectivity index (χ1) is 12.7. The second-order valence-corrected chi connectivity index (χ2v) is 6.75. The highest BCUT2D eigenvalue weighted by Crippen LogP contribution is 2.22. The summed E-state index contributed by atoms with van der Waals surface area (Å²) in [6.07, 6.45) is 3.55. The van der Waals surface area contributed by atoms with E-state index in [1.165, 1.54) is 5.56 Å². The van der Waals surface area contributed by atoms with Gasteiger partial charge in [-0.2, -0.15) is 16.4 Å². The van der Waals surface area contributed by atoms with Gasteiger partial charge in [0.2, 0.25) is 0 Å². The van der Waals surface area contributed by atoms with E-state index >= 15 is 0 Å². The predicted octanol–water partition coefficient (Wildman–Crippen LogP) is 3.75. The number of benzene rings is 1. The monoisotopic (exact) mass is 368 g/mol. The Bertz CT molecular complexity index is 810. The highest BCUT2D eigenvalue weighted by Gasteiger charge is 2.20. The van der Waals surface area contributed by atoms with E-state index in [0.29, 0.717) is 12.1 Å². The molecule has 0 fully saturated rings. The molecule has 1 N–H and O–H groups in total. The van der Waals surface area contributed by atoms with Crippen molar-refractivity contribution in [3.8, 4) is 5.69 Å². The van der Waals surface area contributed by atoms with Crippen LogP contribution in [-0.2, 0) is 0 Å². The molecular formula is C20H24N4OS. The zero-order chi connectivity index (χ0) is 18.4. The largest absolute Gasteiger partial charge is 0.350 e. The molecule has 0 aliphatic carbocycles. The van der Waals surface area contributed by atoms with Gasteiger partial charge in [0, 0.05) is 18.9 Å². The van der Waals surface area contributed by atoms with Crippen LogP contribution in [-0.4, -0.2) is 40.2 Å². The van der Waals surface area contributed by atoms with Gasteiger partial charge in [-0.05, 0) is 53.7 Å². The number of thiophene rings is 1. The van der Waals surface area contributed by atoms with Gasteiger partial charge in [0.15, 0.2) is 0 Å². The van der Waals surface area contributed by atoms with Crippen molar-refractivity contribution in [2.75, 3.05) is 19.6 Å². The Morgan fingerprint density at radius 3 is 2.69 bits per heavy atom. The minimum Gasteiger partial charge on any atom is -0.350 e. The first-order valence-electron chi connectivity index (χ1n) is 8.88. The molecule has 5 nitrogen and oxygen atoms in total. The molecule has 0 saturated heterocycles. The molecule has 136 valence electrons. The van der Waals surface area contributed by atoms with Crippen molar-refractivity contribution >= 4 is 17.2 Å². The Morgan fingerprint density at radius 2 is 2.04 bits per heavy atom. The van der Waals surface area contributed by atoms with Crippen LogP contribution in [0.1, 0.15) is 35.8 Å². The summed E-state index contributed by atoms with van der Waals surface area (Å²) in [5, 5.41) is 11.6. The molecule has 2 heterocycles. The predicted molar refractivity (Wildman–Crippen MR) is 106 cm³/mol. The van der Waals surface area contributed by atoms with Gasteiger partial charge in [-0.15, -0.1) is 0 Å². The first-order valence-corrected chi connectivity index (χ1v) is 9.82. The SMILES string of the molecule is CCN(CC)[C@H](CNC(=O)c1ccccc1-n1cccn1)c1ccsc1. The summed E-state index contributed by atoms with van der Waals surface area (Å²) in [6.45, 7) is 6.76. The Hall–Kier alpha value is -2.44. The molecule has 0 aliphatic heterocycles. The zero-order valence-electron chi connectivity index (χ0n) is 15.1. The summed E-state index contributed by atoms with van der Waals surface area (Å²) in [4.78, 5) is 15.2. The van der Waals surface area contributed by atoms with E-state index in [4.69, 9.17) is 0 Å². The summed E-state index contributed by atoms with van der Waals surface area (Å²) < 4.78 is 1.72. The molecule has 0 radical (unpaired) electrons. The molecule has 3 rings (SSSR count). The van der Waals surface area contributed by atoms with Gasteiger partial charge >= 0.3 is 0 Å². The fourth-order valence-corrected chi connectivity index (χ4v) is 3.86. The van der Waals surface area contributed by atoms with Crippen LogP contribution in [0.2, 0.25) is 0 Å². The second-order valence-electron chi connectivity index (χ2n) is 5.97. The van der Waals surface area contributed by atoms with Crippen LogP contribution in [0.4, 0.5) is 0 Å². The van der Waals surface area contributed by atoms with Crippen LogP contribution in [0, 0.1) is 0 Å². The summed E-state index contributed by atoms with van der Waals surface area (Å²) in [5.41, 5.74) is 2.66. The van der Waals surface area contributed by atoms with Gasteiger partial charge in [0.1, 0.15) is 0 Å². The van der Waals surface area contributed by atoms with Gasteiger partial charge in [-0.1, -0.05) is 26.0 Å². The Labute approximate surface area is 158 Å². The van der Waals surface area contributed by atoms with Gasteiger partial charge in [-0.25, -0.2) is 4.68 Å². The fraction of sp³-hybridized carbons (Fsp3) is 0.300. The van der Waals surface area contributed by atoms with E-state index in [9.17, 15) is 4.79 Å². The van der Waals surface area contributed by atoms with E-state index in [2.05, 4.69) is 46.0 Å². The van der Waals surface area contributed by atoms with E-state index in [1.54, 1.807) is 22.2 Å². The average molecular weight is 369 g/mol. The summed E-state index contributed by atoms with van der Waals surface area (Å²) in [5.74, 6) is -0.0801. The maximum absolute atomic E-state index is 12.9. The van der Waals surface area contributed by atoms with Crippen LogP contribution < -0.4 is 5.32 Å². The zero-order valence-corrected chi connectivity index (χ0v) is 15.9. The van der Waals surface area contributed by atoms with Crippen LogP contribution in [0.5, 0.6) is 0 Å². The molecule has 0 spiro atoms. The van der Waals surface area contributed by atoms with Crippen molar-refractivity contribution in [1.82, 2.24) is 20.0 Å². The number of hydrogen-bond acceptors (Lipinski definition) is 4. The molecule has 2 aromatic heterocycles. The molecule has 1 aromatic carbocycles. The number of nitrogens with zero attached hydrogens (tertiary/aromatic N) is 3. The molecule has 0 aliphatic rings. The van der Waals surface area contributed by atoms with Crippen molar-refractivity contribution in [1.29, 1.82) is 0 Å². The van der Waals surface area contributed by atoms with Crippen molar-refractivity contribution in [2.45, 2.75) is 19.9 Å². The normalized spacial score (nSPS) is 12.3. The number of aromatic nitrogens is 2. The third-order valence-electron chi connectivity index (χ3n) is 4.54. The molecular weight excluding hydrogens is 344 g/mol. The molecule has 0 bridgehead atoms. The molecule has 3 aromatic rings. The van der Waals surface area contributed by atoms with Crippen LogP contribution >= 0.6 is 11.3 Å². The second kappa shape index (κ2) is 8.78. The number of likely N-dealkylation sites (N-methyl/N-ethyl adjacent to an activating group) is 1. The van der Waals surface area contributed by atoms with Crippen molar-refractivity contribution in [2.24, 2.45) is 0 Å². The van der Waals surface area contributed by atoms with Crippen LogP contribution in [0.15, 0.2) is 59.6 Å². The highest BCUT2D eigenvalue weighted by molar-refractivity contribution is 7.07. The van der Waals surface area contributed by atoms with Crippen LogP contribution in [0.3, 0.4) is 0 Å². The van der Waals surface area contributed by atoms with Gasteiger partial charge < -0.3 is 5.32 Å². The molecule has 0 saturated carbocycles. The van der Waals surface area contributed by atoms with E-state index in [-0.39, 0.29) is 11.9 Å². The molecule has 0 unspecified atom stereocenters. The number of carbonyl (C=O) groups is 1. The number of para-hydroxylation sites is 1. The quantitative estimate of drug-likeness (QED) is 0.659. The Kier molecular flexibility index (Phi) is 6.20. The van der Waals surface area contributed by atoms with Crippen LogP contribution in [0.25, 0.3) is 5.69 Å². The third kappa shape index (κ3) is 4.03. The molecule has 6 heteroatoms. The Balaban J connectivity index is 1.77. The van der Waals surface area contributed by atoms with Crippen molar-refractivity contribution in [3.05, 3.63) is 70.7 Å². The van der Waals surface area contributed by atoms with E-state index in [0.717, 1.165) is 18.8 Å². The standard InChI is InChI=1S/C20H24N4OS/c1-3-23(4-2)19(16-10-13-26-15-16)14-21-20(25)17-8-5-6-9-18(17)24-12-7-11-22-24/h5-13,15,19H,3-4,14H2,1-2H3,(H,21,25)/t19-/m1/s1. The maximum atomic E-state index is 12.9. The smallest absolute Gasteiger partial charge is 0.253 e. The average Bonchev–Trinajstić information content (AvgIpc) is 3.39. The number of nitrogens with one attached hydrogen (secondary N) is 1. The van der Waals surface area contributed by atoms with Gasteiger partial charge in [-0.3, -0.25) is 9.69 Å². The summed E-state index contributed by atoms with van der Waals surface area (Å²) in [6, 6.07) is 11.7. The highest BCUT2D eigenvalue weighted by atomic mass is 32.1. The topological polar surface area (TPSA) is 50.2 Å². The lowest BCUT2D eigenvalue weighted by atomic mass is 10.1. The molecule has 1 atom stereocenters. The minimum absolute atomic E-state index is 0.0801. The van der Waals surface area contributed by atoms with Crippen molar-refractivity contribution in [3.63, 3.8) is 0 Å². The lowest BCUT2D eigenvalue weighted by molar-refractivity contribution is 0.0935. The van der Waals surface area contributed by atoms with E-state index < -0.39 is 0 Å².